The number of H-pyrrole nitrogens is 1. The molecule has 0 bridgehead atoms. The highest BCUT2D eigenvalue weighted by Gasteiger charge is 2.45. The summed E-state index contributed by atoms with van der Waals surface area (Å²) in [6.07, 6.45) is -0.891. The van der Waals surface area contributed by atoms with Crippen molar-refractivity contribution in [3.63, 3.8) is 0 Å². The van der Waals surface area contributed by atoms with E-state index in [1.807, 2.05) is 4.98 Å². The summed E-state index contributed by atoms with van der Waals surface area (Å²) < 4.78 is 58.7. The molecule has 43 heavy (non-hydrogen) atoms. The van der Waals surface area contributed by atoms with Crippen LogP contribution in [0.25, 0.3) is 0 Å². The molecule has 24 heteroatoms. The fourth-order valence-corrected chi connectivity index (χ4v) is 9.33. The number of amides is 2. The number of ether oxygens (including phenoxy) is 2. The van der Waals surface area contributed by atoms with Gasteiger partial charge in [0.1, 0.15) is 18.4 Å². The lowest BCUT2D eigenvalue weighted by Gasteiger charge is -2.21. The number of aromatic amines is 1. The van der Waals surface area contributed by atoms with Gasteiger partial charge in [-0.2, -0.15) is 20.4 Å². The van der Waals surface area contributed by atoms with Gasteiger partial charge in [0.25, 0.3) is 5.56 Å². The monoisotopic (exact) mass is 694 g/mol. The second-order valence-electron chi connectivity index (χ2n) is 9.67. The molecule has 20 nitrogen and oxygen atoms in total. The molecule has 0 aliphatic carbocycles. The molecule has 4 rings (SSSR count). The number of rotatable bonds is 14. The van der Waals surface area contributed by atoms with Gasteiger partial charge in [0.15, 0.2) is 0 Å². The lowest BCUT2D eigenvalue weighted by Crippen LogP contribution is -2.36. The third-order valence-corrected chi connectivity index (χ3v) is 11.8. The van der Waals surface area contributed by atoms with Gasteiger partial charge in [-0.3, -0.25) is 23.7 Å². The highest BCUT2D eigenvalue weighted by Crippen LogP contribution is 2.66. The van der Waals surface area contributed by atoms with E-state index in [9.17, 15) is 42.7 Å². The number of hydrogen-bond donors (Lipinski definition) is 7. The Morgan fingerprint density at radius 2 is 1.81 bits per heavy atom. The van der Waals surface area contributed by atoms with Gasteiger partial charge in [-0.1, -0.05) is 6.42 Å². The second kappa shape index (κ2) is 13.6. The maximum atomic E-state index is 12.6. The molecule has 3 aliphatic rings. The number of unbranched alkanes of at least 4 members (excludes halogenated alkanes) is 1. The molecule has 3 aliphatic heterocycles. The maximum Gasteiger partial charge on any atom is 0.490 e. The number of nitrogens with zero attached hydrogens (tertiary/aromatic N) is 1. The first-order valence-corrected chi connectivity index (χ1v) is 18.2. The second-order valence-corrected chi connectivity index (χ2v) is 15.4. The quantitative estimate of drug-likeness (QED) is 0.0574. The van der Waals surface area contributed by atoms with Gasteiger partial charge in [-0.15, -0.1) is 0 Å². The van der Waals surface area contributed by atoms with Crippen molar-refractivity contribution in [1.82, 2.24) is 20.2 Å². The largest absolute Gasteiger partial charge is 0.490 e. The van der Waals surface area contributed by atoms with Crippen LogP contribution in [0.4, 0.5) is 4.79 Å². The Bertz CT molecular complexity index is 1470. The third-order valence-electron chi connectivity index (χ3n) is 6.50. The Balaban J connectivity index is 1.34. The van der Waals surface area contributed by atoms with Crippen LogP contribution < -0.4 is 21.9 Å². The van der Waals surface area contributed by atoms with Gasteiger partial charge < -0.3 is 39.7 Å². The number of nitrogens with one attached hydrogen (secondary N) is 3. The summed E-state index contributed by atoms with van der Waals surface area (Å²) in [5, 5.41) is 5.93. The molecule has 3 fully saturated rings. The normalized spacial score (nSPS) is 29.7. The number of hydrogen-bond acceptors (Lipinski definition) is 13. The van der Waals surface area contributed by atoms with Crippen LogP contribution in [0.15, 0.2) is 21.9 Å². The minimum absolute atomic E-state index is 0.0154. The van der Waals surface area contributed by atoms with Crippen molar-refractivity contribution in [1.29, 1.82) is 0 Å². The van der Waals surface area contributed by atoms with E-state index in [1.165, 1.54) is 0 Å². The molecule has 242 valence electrons. The van der Waals surface area contributed by atoms with Crippen LogP contribution in [-0.2, 0) is 41.1 Å². The van der Waals surface area contributed by atoms with Crippen molar-refractivity contribution in [2.75, 3.05) is 12.4 Å². The molecule has 0 aromatic carbocycles. The van der Waals surface area contributed by atoms with Crippen LogP contribution in [0.5, 0.6) is 0 Å². The minimum atomic E-state index is -5.77. The molecule has 0 spiro atoms. The zero-order chi connectivity index (χ0) is 31.6. The van der Waals surface area contributed by atoms with Crippen molar-refractivity contribution >= 4 is 47.2 Å². The summed E-state index contributed by atoms with van der Waals surface area (Å²) >= 11 is 1.73. The van der Waals surface area contributed by atoms with Crippen LogP contribution in [-0.4, -0.2) is 83.0 Å². The summed E-state index contributed by atoms with van der Waals surface area (Å²) in [5.41, 5.74) is -1.55. The van der Waals surface area contributed by atoms with E-state index in [0.717, 1.165) is 29.0 Å². The molecule has 4 heterocycles. The van der Waals surface area contributed by atoms with Crippen molar-refractivity contribution in [2.24, 2.45) is 0 Å². The molecule has 7 N–H and O–H groups in total. The topological polar surface area (TPSA) is 291 Å². The zero-order valence-electron chi connectivity index (χ0n) is 22.0. The summed E-state index contributed by atoms with van der Waals surface area (Å²) in [6, 6.07) is 0.916. The number of aromatic nitrogens is 2. The first-order valence-electron chi connectivity index (χ1n) is 12.6. The van der Waals surface area contributed by atoms with Crippen molar-refractivity contribution < 1.29 is 65.5 Å². The first kappa shape index (κ1) is 34.0. The van der Waals surface area contributed by atoms with E-state index >= 15 is 0 Å². The van der Waals surface area contributed by atoms with Gasteiger partial charge in [0.2, 0.25) is 0 Å². The molecule has 2 unspecified atom stereocenters. The average Bonchev–Trinajstić information content (AvgIpc) is 3.53. The predicted molar refractivity (Wildman–Crippen MR) is 144 cm³/mol. The van der Waals surface area contributed by atoms with Crippen LogP contribution in [0.2, 0.25) is 0 Å². The van der Waals surface area contributed by atoms with Gasteiger partial charge >= 0.3 is 41.2 Å². The number of phosphoric ester groups is 1. The van der Waals surface area contributed by atoms with E-state index in [2.05, 4.69) is 23.8 Å². The van der Waals surface area contributed by atoms with Crippen LogP contribution >= 0.6 is 35.2 Å². The number of thioether (sulfide) groups is 1. The van der Waals surface area contributed by atoms with Crippen LogP contribution in [0.3, 0.4) is 0 Å². The summed E-state index contributed by atoms with van der Waals surface area (Å²) in [5.74, 6) is 0.123. The maximum absolute atomic E-state index is 12.6. The Hall–Kier alpha value is -1.86. The van der Waals surface area contributed by atoms with Crippen LogP contribution in [0, 0.1) is 0 Å². The van der Waals surface area contributed by atoms with Gasteiger partial charge in [0.05, 0.1) is 18.7 Å². The highest BCUT2D eigenvalue weighted by molar-refractivity contribution is 8.00. The van der Waals surface area contributed by atoms with Gasteiger partial charge in [-0.25, -0.2) is 23.3 Å². The molecule has 8 atom stereocenters. The molecule has 1 aromatic rings. The highest BCUT2D eigenvalue weighted by atomic mass is 32.2. The molecular formula is C19H29N4O16P3S. The SMILES string of the molecule is O=C1N[C@H]2[C@H](CS[C@H]2CCCCC(=O)O[C@H]2C[C@H](n3ccc(=O)[nH]c3=O)O[C@@H]2COP(=O)(O)OP(=O)(O)OP(=O)(O)O)N1. The standard InChI is InChI=1S/C19H29N4O16P3S/c24-14-5-6-23(19(27)21-14)15-7-11(12(36-15)8-35-41(31,32)39-42(33,34)38-40(28,29)30)37-16(25)4-2-1-3-13-17-10(9-43-13)20-18(26)22-17/h5-6,10-13,15,17H,1-4,7-9H2,(H,31,32)(H,33,34)(H2,20,22,26)(H,21,24,27)(H2,28,29,30)/t10-,11-,12+,13-,15+,17-/m0/s1. The summed E-state index contributed by atoms with van der Waals surface area (Å²) in [7, 11) is -16.9. The molecule has 3 saturated heterocycles. The van der Waals surface area contributed by atoms with Gasteiger partial charge in [0, 0.05) is 36.1 Å². The Morgan fingerprint density at radius 1 is 1.07 bits per heavy atom. The number of fused-ring (bicyclic) bond motifs is 1. The summed E-state index contributed by atoms with van der Waals surface area (Å²) in [6.45, 7) is -0.919. The number of urea groups is 1. The lowest BCUT2D eigenvalue weighted by molar-refractivity contribution is -0.153. The van der Waals surface area contributed by atoms with Crippen LogP contribution in [0.1, 0.15) is 38.3 Å². The minimum Gasteiger partial charge on any atom is -0.459 e. The number of phosphoric acid groups is 3. The fourth-order valence-electron chi connectivity index (χ4n) is 4.76. The molecule has 0 saturated carbocycles. The fraction of sp³-hybridized carbons (Fsp3) is 0.684. The lowest BCUT2D eigenvalue weighted by atomic mass is 10.0. The third kappa shape index (κ3) is 9.81. The zero-order valence-corrected chi connectivity index (χ0v) is 25.5. The Morgan fingerprint density at radius 3 is 2.51 bits per heavy atom. The van der Waals surface area contributed by atoms with E-state index in [4.69, 9.17) is 19.3 Å². The van der Waals surface area contributed by atoms with Crippen molar-refractivity contribution in [3.05, 3.63) is 33.1 Å². The Kier molecular flexibility index (Phi) is 10.8. The number of esters is 1. The first-order chi connectivity index (χ1) is 20.0. The molecule has 2 amide bonds. The molecule has 0 radical (unpaired) electrons. The molecule has 1 aromatic heterocycles. The van der Waals surface area contributed by atoms with E-state index in [-0.39, 0.29) is 36.2 Å². The van der Waals surface area contributed by atoms with E-state index in [1.54, 1.807) is 11.8 Å². The number of carbonyl (C=O) groups excluding carboxylic acids is 2. The van der Waals surface area contributed by atoms with Gasteiger partial charge in [-0.05, 0) is 12.8 Å². The Labute approximate surface area is 246 Å². The summed E-state index contributed by atoms with van der Waals surface area (Å²) in [4.78, 5) is 86.3. The van der Waals surface area contributed by atoms with E-state index in [0.29, 0.717) is 12.8 Å². The van der Waals surface area contributed by atoms with Crippen molar-refractivity contribution in [2.45, 2.75) is 67.9 Å². The van der Waals surface area contributed by atoms with E-state index < -0.39 is 65.7 Å². The molecular weight excluding hydrogens is 665 g/mol. The predicted octanol–water partition coefficient (Wildman–Crippen LogP) is -0.195. The van der Waals surface area contributed by atoms with Crippen molar-refractivity contribution in [3.8, 4) is 0 Å². The average molecular weight is 694 g/mol. The smallest absolute Gasteiger partial charge is 0.459 e. The number of carbonyl (C=O) groups is 2.